The van der Waals surface area contributed by atoms with Crippen molar-refractivity contribution in [2.75, 3.05) is 18.4 Å². The lowest BCUT2D eigenvalue weighted by Crippen LogP contribution is -2.18. The van der Waals surface area contributed by atoms with E-state index in [0.717, 1.165) is 26.1 Å². The monoisotopic (exact) mass is 268 g/mol. The van der Waals surface area contributed by atoms with Crippen molar-refractivity contribution in [1.82, 2.24) is 20.5 Å². The summed E-state index contributed by atoms with van der Waals surface area (Å²) in [6.07, 6.45) is 6.06. The zero-order valence-corrected chi connectivity index (χ0v) is 11.1. The number of nitrogens with zero attached hydrogens (tertiary/aromatic N) is 4. The number of rotatable bonds is 7. The summed E-state index contributed by atoms with van der Waals surface area (Å²) in [5.41, 5.74) is 1.68. The highest BCUT2D eigenvalue weighted by Gasteiger charge is 2.01. The van der Waals surface area contributed by atoms with Gasteiger partial charge >= 0.3 is 0 Å². The molecule has 0 saturated carbocycles. The highest BCUT2D eigenvalue weighted by atomic mass is 15.2. The van der Waals surface area contributed by atoms with Crippen molar-refractivity contribution in [2.45, 2.75) is 13.0 Å². The number of anilines is 1. The lowest BCUT2D eigenvalue weighted by atomic mass is 10.3. The van der Waals surface area contributed by atoms with E-state index in [4.69, 9.17) is 5.26 Å². The molecule has 2 aromatic heterocycles. The Kier molecular flexibility index (Phi) is 5.43. The molecule has 2 heterocycles. The van der Waals surface area contributed by atoms with Crippen molar-refractivity contribution in [1.29, 1.82) is 5.26 Å². The molecule has 0 fully saturated rings. The van der Waals surface area contributed by atoms with Crippen molar-refractivity contribution in [2.24, 2.45) is 0 Å². The van der Waals surface area contributed by atoms with Crippen LogP contribution in [0.15, 0.2) is 36.8 Å². The first-order chi connectivity index (χ1) is 9.90. The van der Waals surface area contributed by atoms with Gasteiger partial charge in [0.25, 0.3) is 0 Å². The molecule has 0 radical (unpaired) electrons. The molecule has 2 N–H and O–H groups in total. The summed E-state index contributed by atoms with van der Waals surface area (Å²) >= 11 is 0. The van der Waals surface area contributed by atoms with Gasteiger partial charge in [-0.2, -0.15) is 10.4 Å². The molecular formula is C14H16N6. The predicted molar refractivity (Wildman–Crippen MR) is 75.8 cm³/mol. The second-order valence-corrected chi connectivity index (χ2v) is 4.22. The van der Waals surface area contributed by atoms with Gasteiger partial charge in [-0.25, -0.2) is 0 Å². The molecule has 0 bridgehead atoms. The van der Waals surface area contributed by atoms with E-state index in [0.29, 0.717) is 11.4 Å². The number of hydrogen-bond donors (Lipinski definition) is 2. The quantitative estimate of drug-likeness (QED) is 0.737. The molecule has 6 nitrogen and oxygen atoms in total. The van der Waals surface area contributed by atoms with E-state index in [1.54, 1.807) is 12.3 Å². The summed E-state index contributed by atoms with van der Waals surface area (Å²) in [6.45, 7) is 2.43. The van der Waals surface area contributed by atoms with Gasteiger partial charge in [-0.15, -0.1) is 5.10 Å². The van der Waals surface area contributed by atoms with E-state index >= 15 is 0 Å². The van der Waals surface area contributed by atoms with Crippen LogP contribution in [-0.2, 0) is 6.54 Å². The zero-order chi connectivity index (χ0) is 14.0. The van der Waals surface area contributed by atoms with Crippen LogP contribution >= 0.6 is 0 Å². The largest absolute Gasteiger partial charge is 0.367 e. The first-order valence-corrected chi connectivity index (χ1v) is 6.45. The van der Waals surface area contributed by atoms with Crippen molar-refractivity contribution < 1.29 is 0 Å². The molecule has 0 unspecified atom stereocenters. The van der Waals surface area contributed by atoms with Crippen molar-refractivity contribution in [3.05, 3.63) is 47.9 Å². The molecule has 2 rings (SSSR count). The highest BCUT2D eigenvalue weighted by Crippen LogP contribution is 2.07. The Morgan fingerprint density at radius 3 is 2.95 bits per heavy atom. The minimum atomic E-state index is 0.517. The van der Waals surface area contributed by atoms with Crippen LogP contribution in [-0.4, -0.2) is 28.3 Å². The second-order valence-electron chi connectivity index (χ2n) is 4.22. The minimum absolute atomic E-state index is 0.517. The van der Waals surface area contributed by atoms with Crippen LogP contribution in [0.1, 0.15) is 17.5 Å². The molecule has 0 aliphatic heterocycles. The maximum Gasteiger partial charge on any atom is 0.166 e. The fourth-order valence-electron chi connectivity index (χ4n) is 1.71. The maximum absolute atomic E-state index is 8.91. The Balaban J connectivity index is 1.64. The minimum Gasteiger partial charge on any atom is -0.367 e. The van der Waals surface area contributed by atoms with Gasteiger partial charge in [-0.05, 0) is 30.7 Å². The SMILES string of the molecule is N#Cc1ccnnc1NCCCNCc1cccnc1. The normalized spacial score (nSPS) is 9.95. The van der Waals surface area contributed by atoms with Gasteiger partial charge in [0.1, 0.15) is 6.07 Å². The summed E-state index contributed by atoms with van der Waals surface area (Å²) in [7, 11) is 0. The van der Waals surface area contributed by atoms with Gasteiger partial charge in [0.2, 0.25) is 0 Å². The fourth-order valence-corrected chi connectivity index (χ4v) is 1.71. The molecule has 0 saturated heterocycles. The van der Waals surface area contributed by atoms with Crippen molar-refractivity contribution in [3.8, 4) is 6.07 Å². The van der Waals surface area contributed by atoms with Crippen LogP contribution < -0.4 is 10.6 Å². The fraction of sp³-hybridized carbons (Fsp3) is 0.286. The predicted octanol–water partition coefficient (Wildman–Crippen LogP) is 1.34. The molecule has 0 spiro atoms. The molecule has 0 amide bonds. The molecule has 102 valence electrons. The molecule has 6 heteroatoms. The van der Waals surface area contributed by atoms with E-state index in [1.165, 1.54) is 11.8 Å². The van der Waals surface area contributed by atoms with Gasteiger partial charge in [0.15, 0.2) is 5.82 Å². The first kappa shape index (κ1) is 13.9. The third kappa shape index (κ3) is 4.30. The summed E-state index contributed by atoms with van der Waals surface area (Å²) in [5, 5.41) is 23.0. The van der Waals surface area contributed by atoms with E-state index in [9.17, 15) is 0 Å². The smallest absolute Gasteiger partial charge is 0.166 e. The molecular weight excluding hydrogens is 252 g/mol. The van der Waals surface area contributed by atoms with Crippen LogP contribution in [0.2, 0.25) is 0 Å². The number of nitrogens with one attached hydrogen (secondary N) is 2. The molecule has 20 heavy (non-hydrogen) atoms. The average Bonchev–Trinajstić information content (AvgIpc) is 2.52. The third-order valence-electron chi connectivity index (χ3n) is 2.72. The van der Waals surface area contributed by atoms with Crippen LogP contribution in [0, 0.1) is 11.3 Å². The molecule has 0 aliphatic carbocycles. The van der Waals surface area contributed by atoms with Crippen LogP contribution in [0.25, 0.3) is 0 Å². The lowest BCUT2D eigenvalue weighted by molar-refractivity contribution is 0.661. The molecule has 0 aliphatic rings. The van der Waals surface area contributed by atoms with E-state index in [2.05, 4.69) is 31.9 Å². The Bertz CT molecular complexity index is 563. The van der Waals surface area contributed by atoms with E-state index < -0.39 is 0 Å². The van der Waals surface area contributed by atoms with Crippen LogP contribution in [0.3, 0.4) is 0 Å². The maximum atomic E-state index is 8.91. The number of pyridine rings is 1. The Hall–Kier alpha value is -2.52. The number of nitriles is 1. The third-order valence-corrected chi connectivity index (χ3v) is 2.72. The lowest BCUT2D eigenvalue weighted by Gasteiger charge is -2.07. The number of hydrogen-bond acceptors (Lipinski definition) is 6. The Labute approximate surface area is 117 Å². The topological polar surface area (TPSA) is 86.5 Å². The summed E-state index contributed by atoms with van der Waals surface area (Å²) in [4.78, 5) is 4.06. The Morgan fingerprint density at radius 1 is 1.20 bits per heavy atom. The van der Waals surface area contributed by atoms with E-state index in [1.807, 2.05) is 18.3 Å². The number of aromatic nitrogens is 3. The molecule has 0 aromatic carbocycles. The summed E-state index contributed by atoms with van der Waals surface area (Å²) in [5.74, 6) is 0.544. The van der Waals surface area contributed by atoms with Crippen molar-refractivity contribution >= 4 is 5.82 Å². The van der Waals surface area contributed by atoms with Gasteiger partial charge < -0.3 is 10.6 Å². The van der Waals surface area contributed by atoms with E-state index in [-0.39, 0.29) is 0 Å². The summed E-state index contributed by atoms with van der Waals surface area (Å²) < 4.78 is 0. The average molecular weight is 268 g/mol. The van der Waals surface area contributed by atoms with Gasteiger partial charge in [-0.3, -0.25) is 4.98 Å². The van der Waals surface area contributed by atoms with Gasteiger partial charge in [0.05, 0.1) is 11.8 Å². The highest BCUT2D eigenvalue weighted by molar-refractivity contribution is 5.49. The van der Waals surface area contributed by atoms with Crippen LogP contribution in [0.5, 0.6) is 0 Å². The zero-order valence-electron chi connectivity index (χ0n) is 11.1. The van der Waals surface area contributed by atoms with Crippen LogP contribution in [0.4, 0.5) is 5.82 Å². The molecule has 0 atom stereocenters. The van der Waals surface area contributed by atoms with Gasteiger partial charge in [-0.1, -0.05) is 6.07 Å². The summed E-state index contributed by atoms with van der Waals surface area (Å²) in [6, 6.07) is 7.70. The first-order valence-electron chi connectivity index (χ1n) is 6.45. The van der Waals surface area contributed by atoms with Crippen molar-refractivity contribution in [3.63, 3.8) is 0 Å². The molecule has 2 aromatic rings. The Morgan fingerprint density at radius 2 is 2.15 bits per heavy atom. The van der Waals surface area contributed by atoms with Gasteiger partial charge in [0, 0.05) is 25.5 Å². The second kappa shape index (κ2) is 7.81. The standard InChI is InChI=1S/C14H16N6/c15-9-13-4-8-19-20-14(13)18-7-2-6-17-11-12-3-1-5-16-10-12/h1,3-5,8,10,17H,2,6-7,11H2,(H,18,20).